The van der Waals surface area contributed by atoms with E-state index in [2.05, 4.69) is 216 Å². The van der Waals surface area contributed by atoms with Gasteiger partial charge in [-0.1, -0.05) is 133 Å². The fourth-order valence-corrected chi connectivity index (χ4v) is 11.4. The summed E-state index contributed by atoms with van der Waals surface area (Å²) in [7, 11) is 0. The van der Waals surface area contributed by atoms with Crippen LogP contribution in [0.25, 0.3) is 90.1 Å². The molecule has 58 heavy (non-hydrogen) atoms. The van der Waals surface area contributed by atoms with E-state index in [4.69, 9.17) is 0 Å². The van der Waals surface area contributed by atoms with Crippen LogP contribution in [0, 0.1) is 0 Å². The highest BCUT2D eigenvalue weighted by Gasteiger charge is 2.21. The van der Waals surface area contributed by atoms with Crippen LogP contribution in [0.15, 0.2) is 206 Å². The van der Waals surface area contributed by atoms with E-state index < -0.39 is 0 Å². The molecule has 0 unspecified atom stereocenters. The van der Waals surface area contributed by atoms with Crippen LogP contribution in [0.5, 0.6) is 0 Å². The molecule has 9 aromatic carbocycles. The number of rotatable bonds is 6. The van der Waals surface area contributed by atoms with E-state index in [9.17, 15) is 0 Å². The molecule has 0 saturated heterocycles. The number of nitrogens with zero attached hydrogens (tertiary/aromatic N) is 2. The predicted octanol–water partition coefficient (Wildman–Crippen LogP) is 16.3. The predicted molar refractivity (Wildman–Crippen MR) is 252 cm³/mol. The summed E-state index contributed by atoms with van der Waals surface area (Å²) in [5, 5.41) is 8.03. The van der Waals surface area contributed by atoms with Crippen LogP contribution < -0.4 is 4.90 Å². The maximum absolute atomic E-state index is 2.48. The van der Waals surface area contributed by atoms with E-state index in [0.717, 1.165) is 22.7 Å². The quantitative estimate of drug-likeness (QED) is 0.163. The summed E-state index contributed by atoms with van der Waals surface area (Å²) in [4.78, 5) is 2.32. The van der Waals surface area contributed by atoms with Crippen molar-refractivity contribution in [1.82, 2.24) is 4.57 Å². The molecule has 272 valence electrons. The molecule has 3 heterocycles. The van der Waals surface area contributed by atoms with E-state index in [0.29, 0.717) is 0 Å². The van der Waals surface area contributed by atoms with Gasteiger partial charge in [-0.05, 0) is 95.1 Å². The number of hydrogen-bond donors (Lipinski definition) is 0. The van der Waals surface area contributed by atoms with E-state index in [1.807, 2.05) is 22.7 Å². The molecule has 0 aliphatic carbocycles. The van der Waals surface area contributed by atoms with E-state index in [1.54, 1.807) is 0 Å². The minimum atomic E-state index is 1.12. The van der Waals surface area contributed by atoms with Crippen molar-refractivity contribution < 1.29 is 0 Å². The first-order chi connectivity index (χ1) is 28.8. The van der Waals surface area contributed by atoms with Crippen molar-refractivity contribution in [3.05, 3.63) is 206 Å². The highest BCUT2D eigenvalue weighted by molar-refractivity contribution is 7.28. The van der Waals surface area contributed by atoms with Gasteiger partial charge < -0.3 is 9.47 Å². The number of thiophene rings is 2. The fraction of sp³-hybridized carbons (Fsp3) is 0. The Labute approximate surface area is 343 Å². The van der Waals surface area contributed by atoms with Crippen LogP contribution >= 0.6 is 22.7 Å². The van der Waals surface area contributed by atoms with Crippen LogP contribution in [0.4, 0.5) is 17.1 Å². The Hall–Kier alpha value is -6.98. The summed E-state index contributed by atoms with van der Waals surface area (Å²) in [6.45, 7) is 0. The Kier molecular flexibility index (Phi) is 7.62. The van der Waals surface area contributed by atoms with Gasteiger partial charge in [-0.25, -0.2) is 0 Å². The molecule has 12 aromatic rings. The van der Waals surface area contributed by atoms with Crippen molar-refractivity contribution in [2.75, 3.05) is 4.90 Å². The lowest BCUT2D eigenvalue weighted by Gasteiger charge is -2.26. The van der Waals surface area contributed by atoms with E-state index in [1.165, 1.54) is 84.4 Å². The number of fused-ring (bicyclic) bond motifs is 11. The Morgan fingerprint density at radius 2 is 0.707 bits per heavy atom. The van der Waals surface area contributed by atoms with E-state index >= 15 is 0 Å². The second-order valence-electron chi connectivity index (χ2n) is 14.9. The molecule has 0 fully saturated rings. The first-order valence-corrected chi connectivity index (χ1v) is 21.3. The van der Waals surface area contributed by atoms with Gasteiger partial charge >= 0.3 is 0 Å². The van der Waals surface area contributed by atoms with Crippen LogP contribution in [0.3, 0.4) is 0 Å². The van der Waals surface area contributed by atoms with Gasteiger partial charge in [0.2, 0.25) is 0 Å². The third-order valence-electron chi connectivity index (χ3n) is 11.6. The molecule has 0 bridgehead atoms. The zero-order chi connectivity index (χ0) is 38.2. The Balaban J connectivity index is 0.953. The van der Waals surface area contributed by atoms with Gasteiger partial charge in [0, 0.05) is 73.9 Å². The van der Waals surface area contributed by atoms with Crippen LogP contribution in [-0.2, 0) is 0 Å². The van der Waals surface area contributed by atoms with Gasteiger partial charge in [-0.3, -0.25) is 0 Å². The average molecular weight is 775 g/mol. The number of anilines is 3. The molecule has 0 aliphatic heterocycles. The van der Waals surface area contributed by atoms with Gasteiger partial charge in [0.15, 0.2) is 0 Å². The average Bonchev–Trinajstić information content (AvgIpc) is 3.97. The lowest BCUT2D eigenvalue weighted by Crippen LogP contribution is -2.09. The van der Waals surface area contributed by atoms with Crippen molar-refractivity contribution in [1.29, 1.82) is 0 Å². The number of para-hydroxylation sites is 1. The zero-order valence-electron chi connectivity index (χ0n) is 31.3. The summed E-state index contributed by atoms with van der Waals surface area (Å²) in [6, 6.07) is 75.1. The normalized spacial score (nSPS) is 11.8. The molecule has 0 amide bonds. The molecule has 2 nitrogen and oxygen atoms in total. The standard InChI is InChI=1S/C54H34N2S2/c1-3-11-35(12-4-1)36-19-25-40(26-20-36)55(39-13-5-2-6-14-39)41-27-21-37(22-28-41)38-23-29-42(30-24-38)56-47-33-31-45-43-15-7-9-17-49(43)57-53(45)51(47)52-48(56)34-32-46-44-16-8-10-18-50(44)58-54(46)52/h1-34H. The lowest BCUT2D eigenvalue weighted by molar-refractivity contribution is 1.18. The van der Waals surface area contributed by atoms with Crippen LogP contribution in [0.1, 0.15) is 0 Å². The largest absolute Gasteiger partial charge is 0.311 e. The summed E-state index contributed by atoms with van der Waals surface area (Å²) in [6.07, 6.45) is 0. The summed E-state index contributed by atoms with van der Waals surface area (Å²) in [5.74, 6) is 0. The zero-order valence-corrected chi connectivity index (χ0v) is 33.0. The summed E-state index contributed by atoms with van der Waals surface area (Å²) < 4.78 is 7.86. The SMILES string of the molecule is c1ccc(-c2ccc(N(c3ccccc3)c3ccc(-c4ccc(-n5c6ccc7c8ccccc8sc7c6c6c7sc8ccccc8c7ccc65)cc4)cc3)cc2)cc1. The van der Waals surface area contributed by atoms with Gasteiger partial charge in [-0.2, -0.15) is 0 Å². The third kappa shape index (κ3) is 5.23. The van der Waals surface area contributed by atoms with Crippen LogP contribution in [0.2, 0.25) is 0 Å². The van der Waals surface area contributed by atoms with Crippen molar-refractivity contribution in [2.24, 2.45) is 0 Å². The topological polar surface area (TPSA) is 8.17 Å². The smallest absolute Gasteiger partial charge is 0.0556 e. The second kappa shape index (κ2) is 13.3. The van der Waals surface area contributed by atoms with Crippen molar-refractivity contribution in [2.45, 2.75) is 0 Å². The maximum atomic E-state index is 2.48. The molecular weight excluding hydrogens is 741 g/mol. The third-order valence-corrected chi connectivity index (χ3v) is 14.0. The molecular formula is C54H34N2S2. The van der Waals surface area contributed by atoms with Crippen LogP contribution in [-0.4, -0.2) is 4.57 Å². The van der Waals surface area contributed by atoms with Crippen molar-refractivity contribution in [3.8, 4) is 27.9 Å². The first-order valence-electron chi connectivity index (χ1n) is 19.7. The van der Waals surface area contributed by atoms with Gasteiger partial charge in [-0.15, -0.1) is 22.7 Å². The Bertz CT molecular complexity index is 3340. The molecule has 0 saturated carbocycles. The molecule has 12 rings (SSSR count). The number of hydrogen-bond acceptors (Lipinski definition) is 3. The molecule has 4 heteroatoms. The van der Waals surface area contributed by atoms with Crippen molar-refractivity contribution >= 4 is 102 Å². The minimum absolute atomic E-state index is 1.12. The molecule has 0 N–H and O–H groups in total. The lowest BCUT2D eigenvalue weighted by atomic mass is 10.0. The Morgan fingerprint density at radius 1 is 0.310 bits per heavy atom. The first kappa shape index (κ1) is 33.2. The number of aromatic nitrogens is 1. The van der Waals surface area contributed by atoms with Crippen molar-refractivity contribution in [3.63, 3.8) is 0 Å². The second-order valence-corrected chi connectivity index (χ2v) is 17.0. The maximum Gasteiger partial charge on any atom is 0.0556 e. The summed E-state index contributed by atoms with van der Waals surface area (Å²) >= 11 is 3.83. The van der Waals surface area contributed by atoms with Gasteiger partial charge in [0.25, 0.3) is 0 Å². The molecule has 0 spiro atoms. The number of benzene rings is 9. The Morgan fingerprint density at radius 3 is 1.21 bits per heavy atom. The summed E-state index contributed by atoms with van der Waals surface area (Å²) in [5.41, 5.74) is 11.8. The fourth-order valence-electron chi connectivity index (χ4n) is 8.88. The highest BCUT2D eigenvalue weighted by Crippen LogP contribution is 2.48. The molecule has 3 aromatic heterocycles. The highest BCUT2D eigenvalue weighted by atomic mass is 32.1. The molecule has 0 atom stereocenters. The van der Waals surface area contributed by atoms with Gasteiger partial charge in [0.05, 0.1) is 11.0 Å². The van der Waals surface area contributed by atoms with E-state index in [-0.39, 0.29) is 0 Å². The monoisotopic (exact) mass is 774 g/mol. The molecule has 0 aliphatic rings. The minimum Gasteiger partial charge on any atom is -0.311 e. The van der Waals surface area contributed by atoms with Gasteiger partial charge in [0.1, 0.15) is 0 Å². The molecule has 0 radical (unpaired) electrons.